The predicted octanol–water partition coefficient (Wildman–Crippen LogP) is 0.390. The van der Waals surface area contributed by atoms with Gasteiger partial charge in [0.25, 0.3) is 0 Å². The van der Waals surface area contributed by atoms with Gasteiger partial charge in [-0.25, -0.2) is 0 Å². The van der Waals surface area contributed by atoms with Crippen LogP contribution in [0.4, 0.5) is 0 Å². The van der Waals surface area contributed by atoms with E-state index in [1.165, 1.54) is 13.0 Å². The zero-order valence-corrected chi connectivity index (χ0v) is 6.46. The number of nitrogens with one attached hydrogen (secondary N) is 1. The number of carbonyl (C=O) groups excluding carboxylic acids is 2. The maximum atomic E-state index is 10.8. The lowest BCUT2D eigenvalue weighted by Crippen LogP contribution is -2.11. The third-order valence-electron chi connectivity index (χ3n) is 1.38. The van der Waals surface area contributed by atoms with Gasteiger partial charge in [-0.05, 0) is 6.07 Å². The Morgan fingerprint density at radius 1 is 1.50 bits per heavy atom. The van der Waals surface area contributed by atoms with Crippen molar-refractivity contribution in [2.75, 3.05) is 0 Å². The molecule has 0 radical (unpaired) electrons. The van der Waals surface area contributed by atoms with E-state index in [4.69, 9.17) is 0 Å². The molecular weight excluding hydrogens is 158 g/mol. The van der Waals surface area contributed by atoms with E-state index in [2.05, 4.69) is 4.98 Å². The SMILES string of the molecule is CC(=O)c1cc(C=O)cc(=O)[nH]1. The predicted molar refractivity (Wildman–Crippen MR) is 42.5 cm³/mol. The molecule has 0 saturated heterocycles. The Labute approximate surface area is 68.2 Å². The number of aldehydes is 1. The van der Waals surface area contributed by atoms with Crippen LogP contribution >= 0.6 is 0 Å². The first kappa shape index (κ1) is 8.39. The molecule has 62 valence electrons. The van der Waals surface area contributed by atoms with Crippen LogP contribution in [-0.2, 0) is 0 Å². The van der Waals surface area contributed by atoms with Crippen molar-refractivity contribution < 1.29 is 9.59 Å². The molecule has 0 amide bonds. The fourth-order valence-corrected chi connectivity index (χ4v) is 0.822. The molecule has 0 spiro atoms. The fraction of sp³-hybridized carbons (Fsp3) is 0.125. The smallest absolute Gasteiger partial charge is 0.249 e. The molecule has 0 unspecified atom stereocenters. The van der Waals surface area contributed by atoms with Crippen LogP contribution < -0.4 is 5.56 Å². The van der Waals surface area contributed by atoms with E-state index >= 15 is 0 Å². The molecule has 4 heteroatoms. The van der Waals surface area contributed by atoms with Gasteiger partial charge in [0, 0.05) is 18.6 Å². The van der Waals surface area contributed by atoms with Crippen molar-refractivity contribution in [3.8, 4) is 0 Å². The van der Waals surface area contributed by atoms with Crippen molar-refractivity contribution >= 4 is 12.1 Å². The van der Waals surface area contributed by atoms with Gasteiger partial charge in [0.05, 0.1) is 5.69 Å². The number of hydrogen-bond acceptors (Lipinski definition) is 3. The Morgan fingerprint density at radius 2 is 2.17 bits per heavy atom. The first-order valence-electron chi connectivity index (χ1n) is 3.34. The Kier molecular flexibility index (Phi) is 2.19. The van der Waals surface area contributed by atoms with Crippen molar-refractivity contribution in [2.24, 2.45) is 0 Å². The third kappa shape index (κ3) is 1.66. The van der Waals surface area contributed by atoms with Gasteiger partial charge in [0.2, 0.25) is 5.56 Å². The molecule has 4 nitrogen and oxygen atoms in total. The van der Waals surface area contributed by atoms with Crippen LogP contribution in [-0.4, -0.2) is 17.1 Å². The topological polar surface area (TPSA) is 67.0 Å². The lowest BCUT2D eigenvalue weighted by atomic mass is 10.2. The second-order valence-electron chi connectivity index (χ2n) is 2.37. The van der Waals surface area contributed by atoms with E-state index in [1.807, 2.05) is 0 Å². The number of aromatic nitrogens is 1. The summed E-state index contributed by atoms with van der Waals surface area (Å²) in [6, 6.07) is 2.48. The van der Waals surface area contributed by atoms with E-state index in [1.54, 1.807) is 0 Å². The minimum absolute atomic E-state index is 0.157. The van der Waals surface area contributed by atoms with Crippen LogP contribution in [0.5, 0.6) is 0 Å². The first-order chi connectivity index (χ1) is 5.63. The molecule has 0 aromatic carbocycles. The van der Waals surface area contributed by atoms with Crippen molar-refractivity contribution in [1.82, 2.24) is 4.98 Å². The normalized spacial score (nSPS) is 9.42. The maximum Gasteiger partial charge on any atom is 0.249 e. The van der Waals surface area contributed by atoms with Crippen LogP contribution in [0.25, 0.3) is 0 Å². The zero-order chi connectivity index (χ0) is 9.14. The van der Waals surface area contributed by atoms with Crippen molar-refractivity contribution in [2.45, 2.75) is 6.92 Å². The Balaban J connectivity index is 3.33. The molecule has 0 saturated carbocycles. The van der Waals surface area contributed by atoms with Gasteiger partial charge in [-0.2, -0.15) is 0 Å². The molecule has 0 bridgehead atoms. The average Bonchev–Trinajstić information content (AvgIpc) is 2.03. The summed E-state index contributed by atoms with van der Waals surface area (Å²) in [4.78, 5) is 34.2. The highest BCUT2D eigenvalue weighted by atomic mass is 16.1. The van der Waals surface area contributed by atoms with Gasteiger partial charge in [-0.1, -0.05) is 0 Å². The number of Topliss-reactive ketones (excluding diaryl/α,β-unsaturated/α-hetero) is 1. The van der Waals surface area contributed by atoms with E-state index < -0.39 is 5.56 Å². The van der Waals surface area contributed by atoms with Gasteiger partial charge in [-0.3, -0.25) is 14.4 Å². The molecule has 1 aromatic heterocycles. The lowest BCUT2D eigenvalue weighted by molar-refractivity contribution is 0.101. The molecule has 0 aliphatic heterocycles. The Hall–Kier alpha value is -1.71. The monoisotopic (exact) mass is 165 g/mol. The second-order valence-corrected chi connectivity index (χ2v) is 2.37. The molecule has 0 aliphatic rings. The van der Waals surface area contributed by atoms with Gasteiger partial charge in [0.15, 0.2) is 5.78 Å². The number of hydrogen-bond donors (Lipinski definition) is 1. The van der Waals surface area contributed by atoms with Crippen LogP contribution in [0.1, 0.15) is 27.8 Å². The number of rotatable bonds is 2. The Morgan fingerprint density at radius 3 is 2.67 bits per heavy atom. The van der Waals surface area contributed by atoms with E-state index in [9.17, 15) is 14.4 Å². The second kappa shape index (κ2) is 3.13. The highest BCUT2D eigenvalue weighted by Crippen LogP contribution is 1.96. The molecule has 0 fully saturated rings. The molecule has 1 heterocycles. The summed E-state index contributed by atoms with van der Waals surface area (Å²) in [5, 5.41) is 0. The van der Waals surface area contributed by atoms with Gasteiger partial charge < -0.3 is 4.98 Å². The number of aromatic amines is 1. The van der Waals surface area contributed by atoms with Gasteiger partial charge >= 0.3 is 0 Å². The van der Waals surface area contributed by atoms with E-state index in [0.717, 1.165) is 6.07 Å². The average molecular weight is 165 g/mol. The van der Waals surface area contributed by atoms with Gasteiger partial charge in [0.1, 0.15) is 6.29 Å². The molecule has 1 N–H and O–H groups in total. The van der Waals surface area contributed by atoms with Crippen molar-refractivity contribution in [3.05, 3.63) is 33.7 Å². The standard InChI is InChI=1S/C8H7NO3/c1-5(11)7-2-6(4-10)3-8(12)9-7/h2-4H,1H3,(H,9,12). The summed E-state index contributed by atoms with van der Waals surface area (Å²) in [7, 11) is 0. The number of H-pyrrole nitrogens is 1. The first-order valence-corrected chi connectivity index (χ1v) is 3.34. The third-order valence-corrected chi connectivity index (χ3v) is 1.38. The minimum Gasteiger partial charge on any atom is -0.319 e. The lowest BCUT2D eigenvalue weighted by Gasteiger charge is -1.94. The summed E-state index contributed by atoms with van der Waals surface area (Å²) in [5.41, 5.74) is -0.0710. The highest BCUT2D eigenvalue weighted by molar-refractivity contribution is 5.93. The van der Waals surface area contributed by atoms with E-state index in [-0.39, 0.29) is 17.0 Å². The molecule has 1 aromatic rings. The molecule has 12 heavy (non-hydrogen) atoms. The largest absolute Gasteiger partial charge is 0.319 e. The zero-order valence-electron chi connectivity index (χ0n) is 6.46. The maximum absolute atomic E-state index is 10.8. The van der Waals surface area contributed by atoms with Crippen molar-refractivity contribution in [3.63, 3.8) is 0 Å². The fourth-order valence-electron chi connectivity index (χ4n) is 0.822. The number of carbonyl (C=O) groups is 2. The molecule has 1 rings (SSSR count). The van der Waals surface area contributed by atoms with Crippen molar-refractivity contribution in [1.29, 1.82) is 0 Å². The minimum atomic E-state index is -0.440. The van der Waals surface area contributed by atoms with Gasteiger partial charge in [-0.15, -0.1) is 0 Å². The quantitative estimate of drug-likeness (QED) is 0.509. The van der Waals surface area contributed by atoms with Crippen LogP contribution in [0.3, 0.4) is 0 Å². The Bertz CT molecular complexity index is 378. The van der Waals surface area contributed by atoms with Crippen LogP contribution in [0.2, 0.25) is 0 Å². The van der Waals surface area contributed by atoms with E-state index in [0.29, 0.717) is 6.29 Å². The van der Waals surface area contributed by atoms with Crippen LogP contribution in [0.15, 0.2) is 16.9 Å². The number of pyridine rings is 1. The summed E-state index contributed by atoms with van der Waals surface area (Å²) in [6.07, 6.45) is 0.529. The number of ketones is 1. The summed E-state index contributed by atoms with van der Waals surface area (Å²) in [6.45, 7) is 1.32. The molecular formula is C8H7NO3. The summed E-state index contributed by atoms with van der Waals surface area (Å²) >= 11 is 0. The highest BCUT2D eigenvalue weighted by Gasteiger charge is 2.01. The summed E-state index contributed by atoms with van der Waals surface area (Å²) in [5.74, 6) is -0.268. The molecule has 0 aliphatic carbocycles. The van der Waals surface area contributed by atoms with Crippen LogP contribution in [0, 0.1) is 0 Å². The molecule has 0 atom stereocenters. The summed E-state index contributed by atoms with van der Waals surface area (Å²) < 4.78 is 0.